The van der Waals surface area contributed by atoms with Crippen molar-refractivity contribution >= 4 is 21.1 Å². The minimum absolute atomic E-state index is 0.206. The summed E-state index contributed by atoms with van der Waals surface area (Å²) in [7, 11) is -3.58. The van der Waals surface area contributed by atoms with Crippen LogP contribution in [0.3, 0.4) is 0 Å². The van der Waals surface area contributed by atoms with Crippen LogP contribution in [0.4, 0.5) is 0 Å². The summed E-state index contributed by atoms with van der Waals surface area (Å²) in [6, 6.07) is 13.1. The van der Waals surface area contributed by atoms with E-state index in [1.807, 2.05) is 0 Å². The van der Waals surface area contributed by atoms with Gasteiger partial charge in [0, 0.05) is 32.7 Å². The number of sulfonamides is 1. The van der Waals surface area contributed by atoms with Crippen LogP contribution in [0.5, 0.6) is 0 Å². The first kappa shape index (κ1) is 18.0. The number of nitrogens with one attached hydrogen (secondary N) is 2. The summed E-state index contributed by atoms with van der Waals surface area (Å²) >= 11 is 0. The lowest BCUT2D eigenvalue weighted by atomic mass is 10.1. The van der Waals surface area contributed by atoms with E-state index < -0.39 is 10.0 Å². The van der Waals surface area contributed by atoms with Crippen LogP contribution in [0.2, 0.25) is 0 Å². The quantitative estimate of drug-likeness (QED) is 0.714. The van der Waals surface area contributed by atoms with Crippen LogP contribution in [-0.2, 0) is 16.6 Å². The van der Waals surface area contributed by atoms with Gasteiger partial charge < -0.3 is 9.97 Å². The molecule has 1 fully saturated rings. The van der Waals surface area contributed by atoms with Crippen LogP contribution in [-0.4, -0.2) is 53.8 Å². The number of hydrogen-bond donors (Lipinski definition) is 2. The molecule has 0 saturated carbocycles. The summed E-state index contributed by atoms with van der Waals surface area (Å²) in [5, 5.41) is 0. The summed E-state index contributed by atoms with van der Waals surface area (Å²) in [4.78, 5) is 19.1. The van der Waals surface area contributed by atoms with E-state index in [0.717, 1.165) is 6.54 Å². The van der Waals surface area contributed by atoms with Crippen LogP contribution in [0, 0.1) is 6.92 Å². The Hall–Kier alpha value is -2.42. The average molecular weight is 386 g/mol. The van der Waals surface area contributed by atoms with Gasteiger partial charge in [0.1, 0.15) is 0 Å². The van der Waals surface area contributed by atoms with Crippen molar-refractivity contribution in [3.05, 3.63) is 64.1 Å². The summed E-state index contributed by atoms with van der Waals surface area (Å²) in [5.41, 5.74) is 3.22. The average Bonchev–Trinajstić information content (AvgIpc) is 3.03. The molecule has 27 heavy (non-hydrogen) atoms. The van der Waals surface area contributed by atoms with Crippen LogP contribution in [0.25, 0.3) is 11.0 Å². The Balaban J connectivity index is 1.45. The number of hydrogen-bond acceptors (Lipinski definition) is 4. The first-order chi connectivity index (χ1) is 12.9. The van der Waals surface area contributed by atoms with Gasteiger partial charge in [0.2, 0.25) is 10.0 Å². The molecule has 3 aromatic rings. The summed E-state index contributed by atoms with van der Waals surface area (Å²) in [6.45, 7) is 5.18. The Labute approximate surface area is 157 Å². The van der Waals surface area contributed by atoms with Crippen molar-refractivity contribution < 1.29 is 8.42 Å². The molecule has 0 unspecified atom stereocenters. The van der Waals surface area contributed by atoms with Gasteiger partial charge in [-0.1, -0.05) is 29.8 Å². The molecule has 2 heterocycles. The third-order valence-corrected chi connectivity index (χ3v) is 6.88. The second-order valence-electron chi connectivity index (χ2n) is 6.95. The van der Waals surface area contributed by atoms with E-state index in [-0.39, 0.29) is 10.6 Å². The highest BCUT2D eigenvalue weighted by Crippen LogP contribution is 2.21. The monoisotopic (exact) mass is 386 g/mol. The third-order valence-electron chi connectivity index (χ3n) is 4.98. The molecular formula is C19H22N4O3S. The Morgan fingerprint density at radius 1 is 0.926 bits per heavy atom. The summed E-state index contributed by atoms with van der Waals surface area (Å²) in [6.07, 6.45) is 0. The lowest BCUT2D eigenvalue weighted by Crippen LogP contribution is -2.48. The molecule has 0 radical (unpaired) electrons. The van der Waals surface area contributed by atoms with Crippen molar-refractivity contribution in [3.63, 3.8) is 0 Å². The normalized spacial score (nSPS) is 16.8. The molecule has 0 aliphatic carbocycles. The summed E-state index contributed by atoms with van der Waals surface area (Å²) in [5.74, 6) is 0. The number of benzene rings is 2. The van der Waals surface area contributed by atoms with E-state index in [9.17, 15) is 13.2 Å². The minimum atomic E-state index is -3.58. The number of fused-ring (bicyclic) bond motifs is 1. The van der Waals surface area contributed by atoms with Crippen LogP contribution < -0.4 is 5.69 Å². The lowest BCUT2D eigenvalue weighted by molar-refractivity contribution is 0.181. The highest BCUT2D eigenvalue weighted by atomic mass is 32.2. The van der Waals surface area contributed by atoms with Crippen molar-refractivity contribution in [2.24, 2.45) is 0 Å². The topological polar surface area (TPSA) is 89.3 Å². The fourth-order valence-corrected chi connectivity index (χ4v) is 4.85. The molecule has 2 aromatic carbocycles. The maximum Gasteiger partial charge on any atom is 0.323 e. The van der Waals surface area contributed by atoms with Gasteiger partial charge in [-0.3, -0.25) is 4.90 Å². The van der Waals surface area contributed by atoms with E-state index in [1.54, 1.807) is 12.1 Å². The van der Waals surface area contributed by atoms with Crippen LogP contribution >= 0.6 is 0 Å². The molecule has 1 aliphatic rings. The first-order valence-electron chi connectivity index (χ1n) is 8.92. The first-order valence-corrected chi connectivity index (χ1v) is 10.4. The summed E-state index contributed by atoms with van der Waals surface area (Å²) < 4.78 is 27.4. The zero-order chi connectivity index (χ0) is 19.0. The molecule has 0 atom stereocenters. The van der Waals surface area contributed by atoms with Crippen molar-refractivity contribution in [2.75, 3.05) is 26.2 Å². The number of aromatic nitrogens is 2. The molecule has 142 valence electrons. The maximum atomic E-state index is 12.9. The molecular weight excluding hydrogens is 364 g/mol. The van der Waals surface area contributed by atoms with Crippen molar-refractivity contribution in [1.82, 2.24) is 19.2 Å². The van der Waals surface area contributed by atoms with E-state index in [0.29, 0.717) is 37.2 Å². The highest BCUT2D eigenvalue weighted by Gasteiger charge is 2.28. The van der Waals surface area contributed by atoms with Gasteiger partial charge in [-0.25, -0.2) is 13.2 Å². The third kappa shape index (κ3) is 3.69. The molecule has 0 bridgehead atoms. The second kappa shape index (κ2) is 6.95. The molecule has 1 saturated heterocycles. The Kier molecular flexibility index (Phi) is 4.63. The van der Waals surface area contributed by atoms with E-state index in [1.165, 1.54) is 21.5 Å². The number of piperazine rings is 1. The number of H-pyrrole nitrogens is 2. The zero-order valence-electron chi connectivity index (χ0n) is 15.1. The fourth-order valence-electron chi connectivity index (χ4n) is 3.40. The second-order valence-corrected chi connectivity index (χ2v) is 8.89. The Morgan fingerprint density at radius 3 is 2.30 bits per heavy atom. The highest BCUT2D eigenvalue weighted by molar-refractivity contribution is 7.89. The molecule has 1 aliphatic heterocycles. The predicted octanol–water partition coefficient (Wildman–Crippen LogP) is 1.67. The number of aromatic amines is 2. The molecule has 0 amide bonds. The van der Waals surface area contributed by atoms with Crippen molar-refractivity contribution in [2.45, 2.75) is 18.4 Å². The minimum Gasteiger partial charge on any atom is -0.306 e. The maximum absolute atomic E-state index is 12.9. The number of nitrogens with zero attached hydrogens (tertiary/aromatic N) is 2. The zero-order valence-corrected chi connectivity index (χ0v) is 15.9. The van der Waals surface area contributed by atoms with Crippen LogP contribution in [0.15, 0.2) is 52.2 Å². The number of rotatable bonds is 4. The SMILES string of the molecule is Cc1ccc(CN2CCN(S(=O)(=O)c3ccc4[nH]c(=O)[nH]c4c3)CC2)cc1. The van der Waals surface area contributed by atoms with Gasteiger partial charge in [-0.05, 0) is 30.7 Å². The standard InChI is InChI=1S/C19H22N4O3S/c1-14-2-4-15(5-3-14)13-22-8-10-23(11-9-22)27(25,26)16-6-7-17-18(12-16)21-19(24)20-17/h2-7,12H,8-11,13H2,1H3,(H2,20,21,24). The Morgan fingerprint density at radius 2 is 1.59 bits per heavy atom. The molecule has 2 N–H and O–H groups in total. The van der Waals surface area contributed by atoms with E-state index in [2.05, 4.69) is 46.1 Å². The lowest BCUT2D eigenvalue weighted by Gasteiger charge is -2.34. The van der Waals surface area contributed by atoms with E-state index >= 15 is 0 Å². The smallest absolute Gasteiger partial charge is 0.306 e. The molecule has 8 heteroatoms. The molecule has 7 nitrogen and oxygen atoms in total. The largest absolute Gasteiger partial charge is 0.323 e. The number of aryl methyl sites for hydroxylation is 1. The van der Waals surface area contributed by atoms with E-state index in [4.69, 9.17) is 0 Å². The van der Waals surface area contributed by atoms with Crippen molar-refractivity contribution in [1.29, 1.82) is 0 Å². The predicted molar refractivity (Wildman–Crippen MR) is 104 cm³/mol. The number of imidazole rings is 1. The van der Waals surface area contributed by atoms with Gasteiger partial charge >= 0.3 is 5.69 Å². The fraction of sp³-hybridized carbons (Fsp3) is 0.316. The van der Waals surface area contributed by atoms with Gasteiger partial charge in [0.15, 0.2) is 0 Å². The van der Waals surface area contributed by atoms with Gasteiger partial charge in [0.05, 0.1) is 15.9 Å². The van der Waals surface area contributed by atoms with Crippen LogP contribution in [0.1, 0.15) is 11.1 Å². The molecule has 1 aromatic heterocycles. The molecule has 4 rings (SSSR count). The van der Waals surface area contributed by atoms with Gasteiger partial charge in [-0.2, -0.15) is 4.31 Å². The molecule has 0 spiro atoms. The Bertz CT molecular complexity index is 1110. The van der Waals surface area contributed by atoms with Gasteiger partial charge in [0.25, 0.3) is 0 Å². The van der Waals surface area contributed by atoms with Crippen molar-refractivity contribution in [3.8, 4) is 0 Å². The van der Waals surface area contributed by atoms with Gasteiger partial charge in [-0.15, -0.1) is 0 Å².